The second-order valence-corrected chi connectivity index (χ2v) is 4.70. The molecule has 0 bridgehead atoms. The van der Waals surface area contributed by atoms with Crippen LogP contribution >= 0.6 is 0 Å². The van der Waals surface area contributed by atoms with Crippen molar-refractivity contribution in [2.75, 3.05) is 13.1 Å². The van der Waals surface area contributed by atoms with Gasteiger partial charge in [-0.3, -0.25) is 4.79 Å². The summed E-state index contributed by atoms with van der Waals surface area (Å²) in [6.07, 6.45) is 0.903. The molecule has 0 atom stereocenters. The van der Waals surface area contributed by atoms with E-state index < -0.39 is 0 Å². The molecular formula is C12H18N2O2. The predicted molar refractivity (Wildman–Crippen MR) is 61.3 cm³/mol. The molecule has 1 saturated heterocycles. The van der Waals surface area contributed by atoms with Gasteiger partial charge in [-0.05, 0) is 26.3 Å². The lowest BCUT2D eigenvalue weighted by Gasteiger charge is -2.47. The highest BCUT2D eigenvalue weighted by Crippen LogP contribution is 2.25. The summed E-state index contributed by atoms with van der Waals surface area (Å²) >= 11 is 0. The minimum Gasteiger partial charge on any atom is -0.466 e. The normalized spacial score (nSPS) is 18.4. The average Bonchev–Trinajstić information content (AvgIpc) is 2.52. The van der Waals surface area contributed by atoms with Crippen LogP contribution in [0.5, 0.6) is 0 Å². The van der Waals surface area contributed by atoms with Crippen molar-refractivity contribution in [3.05, 3.63) is 23.2 Å². The molecule has 2 rings (SSSR count). The largest absolute Gasteiger partial charge is 0.466 e. The number of hydrogen-bond donors (Lipinski definition) is 1. The van der Waals surface area contributed by atoms with Crippen molar-refractivity contribution in [3.8, 4) is 0 Å². The second kappa shape index (κ2) is 3.63. The Kier molecular flexibility index (Phi) is 2.54. The van der Waals surface area contributed by atoms with Gasteiger partial charge in [0.05, 0.1) is 11.1 Å². The van der Waals surface area contributed by atoms with Crippen LogP contribution in [-0.2, 0) is 0 Å². The van der Waals surface area contributed by atoms with Gasteiger partial charge < -0.3 is 15.1 Å². The van der Waals surface area contributed by atoms with E-state index >= 15 is 0 Å². The van der Waals surface area contributed by atoms with Crippen molar-refractivity contribution >= 4 is 5.91 Å². The highest BCUT2D eigenvalue weighted by atomic mass is 16.3. The van der Waals surface area contributed by atoms with E-state index in [2.05, 4.69) is 6.92 Å². The third-order valence-corrected chi connectivity index (χ3v) is 3.27. The summed E-state index contributed by atoms with van der Waals surface area (Å²) in [6.45, 7) is 7.00. The molecular weight excluding hydrogens is 204 g/mol. The van der Waals surface area contributed by atoms with E-state index in [0.717, 1.165) is 12.2 Å². The number of carbonyl (C=O) groups excluding carboxylic acids is 1. The Labute approximate surface area is 95.4 Å². The molecule has 2 heterocycles. The van der Waals surface area contributed by atoms with Gasteiger partial charge in [0, 0.05) is 13.1 Å². The molecule has 2 N–H and O–H groups in total. The summed E-state index contributed by atoms with van der Waals surface area (Å²) in [4.78, 5) is 13.9. The first-order valence-corrected chi connectivity index (χ1v) is 5.60. The maximum atomic E-state index is 12.1. The van der Waals surface area contributed by atoms with Crippen LogP contribution in [0.2, 0.25) is 0 Å². The molecule has 1 aliphatic heterocycles. The summed E-state index contributed by atoms with van der Waals surface area (Å²) in [5.41, 5.74) is 6.52. The lowest BCUT2D eigenvalue weighted by Crippen LogP contribution is -2.68. The third-order valence-electron chi connectivity index (χ3n) is 3.27. The first-order valence-electron chi connectivity index (χ1n) is 5.60. The fourth-order valence-electron chi connectivity index (χ4n) is 2.09. The number of nitrogens with two attached hydrogens (primary N) is 1. The van der Waals surface area contributed by atoms with E-state index in [9.17, 15) is 4.79 Å². The Balaban J connectivity index is 2.08. The molecule has 0 unspecified atom stereocenters. The number of hydrogen-bond acceptors (Lipinski definition) is 3. The van der Waals surface area contributed by atoms with E-state index in [4.69, 9.17) is 10.2 Å². The van der Waals surface area contributed by atoms with Gasteiger partial charge in [-0.2, -0.15) is 0 Å². The number of amides is 1. The molecule has 1 aromatic rings. The van der Waals surface area contributed by atoms with Crippen LogP contribution in [-0.4, -0.2) is 29.4 Å². The average molecular weight is 222 g/mol. The first kappa shape index (κ1) is 11.2. The molecule has 0 aromatic carbocycles. The highest BCUT2D eigenvalue weighted by Gasteiger charge is 2.41. The van der Waals surface area contributed by atoms with Gasteiger partial charge in [-0.1, -0.05) is 6.92 Å². The smallest absolute Gasteiger partial charge is 0.257 e. The van der Waals surface area contributed by atoms with Crippen molar-refractivity contribution < 1.29 is 9.21 Å². The number of rotatable bonds is 2. The number of aryl methyl sites for hydroxylation is 2. The number of likely N-dealkylation sites (tertiary alicyclic amines) is 1. The lowest BCUT2D eigenvalue weighted by molar-refractivity contribution is 0.0399. The lowest BCUT2D eigenvalue weighted by atomic mass is 9.88. The first-order chi connectivity index (χ1) is 7.45. The zero-order chi connectivity index (χ0) is 11.9. The molecule has 1 aliphatic rings. The van der Waals surface area contributed by atoms with Crippen LogP contribution in [0, 0.1) is 13.8 Å². The van der Waals surface area contributed by atoms with Crippen molar-refractivity contribution in [2.45, 2.75) is 32.7 Å². The van der Waals surface area contributed by atoms with Crippen LogP contribution < -0.4 is 5.73 Å². The maximum absolute atomic E-state index is 12.1. The Morgan fingerprint density at radius 3 is 2.62 bits per heavy atom. The van der Waals surface area contributed by atoms with Gasteiger partial charge >= 0.3 is 0 Å². The van der Waals surface area contributed by atoms with Gasteiger partial charge in [-0.25, -0.2) is 0 Å². The molecule has 4 heteroatoms. The Morgan fingerprint density at radius 1 is 1.56 bits per heavy atom. The van der Waals surface area contributed by atoms with E-state index in [0.29, 0.717) is 24.4 Å². The standard InChI is InChI=1S/C12H18N2O2/c1-4-12(13)6-14(7-12)11(15)10-5-8(2)16-9(10)3/h5H,4,6-7,13H2,1-3H3. The van der Waals surface area contributed by atoms with Crippen LogP contribution in [0.1, 0.15) is 35.2 Å². The topological polar surface area (TPSA) is 59.5 Å². The fraction of sp³-hybridized carbons (Fsp3) is 0.583. The summed E-state index contributed by atoms with van der Waals surface area (Å²) in [6, 6.07) is 1.79. The molecule has 1 amide bonds. The minimum atomic E-state index is -0.178. The quantitative estimate of drug-likeness (QED) is 0.824. The second-order valence-electron chi connectivity index (χ2n) is 4.70. The van der Waals surface area contributed by atoms with Crippen molar-refractivity contribution in [1.29, 1.82) is 0 Å². The molecule has 0 radical (unpaired) electrons. The van der Waals surface area contributed by atoms with Gasteiger partial charge in [0.2, 0.25) is 0 Å². The number of nitrogens with zero attached hydrogens (tertiary/aromatic N) is 1. The Morgan fingerprint density at radius 2 is 2.19 bits per heavy atom. The zero-order valence-corrected chi connectivity index (χ0v) is 10.0. The molecule has 1 fully saturated rings. The number of furan rings is 1. The molecule has 0 aliphatic carbocycles. The molecule has 0 spiro atoms. The molecule has 4 nitrogen and oxygen atoms in total. The molecule has 88 valence electrons. The van der Waals surface area contributed by atoms with Gasteiger partial charge in [0.25, 0.3) is 5.91 Å². The van der Waals surface area contributed by atoms with E-state index in [-0.39, 0.29) is 11.4 Å². The predicted octanol–water partition coefficient (Wildman–Crippen LogP) is 1.46. The van der Waals surface area contributed by atoms with Crippen molar-refractivity contribution in [1.82, 2.24) is 4.90 Å². The minimum absolute atomic E-state index is 0.0314. The molecule has 0 saturated carbocycles. The van der Waals surface area contributed by atoms with E-state index in [1.807, 2.05) is 13.8 Å². The van der Waals surface area contributed by atoms with Crippen LogP contribution in [0.3, 0.4) is 0 Å². The third kappa shape index (κ3) is 1.73. The summed E-state index contributed by atoms with van der Waals surface area (Å²) in [5.74, 6) is 1.49. The summed E-state index contributed by atoms with van der Waals surface area (Å²) < 4.78 is 5.35. The van der Waals surface area contributed by atoms with E-state index in [1.165, 1.54) is 0 Å². The summed E-state index contributed by atoms with van der Waals surface area (Å²) in [7, 11) is 0. The fourth-order valence-corrected chi connectivity index (χ4v) is 2.09. The van der Waals surface area contributed by atoms with Gasteiger partial charge in [0.1, 0.15) is 11.5 Å². The number of carbonyl (C=O) groups is 1. The SMILES string of the molecule is CCC1(N)CN(C(=O)c2cc(C)oc2C)C1. The van der Waals surface area contributed by atoms with Crippen molar-refractivity contribution in [3.63, 3.8) is 0 Å². The Bertz CT molecular complexity index is 417. The van der Waals surface area contributed by atoms with Crippen molar-refractivity contribution in [2.24, 2.45) is 5.73 Å². The Hall–Kier alpha value is -1.29. The van der Waals surface area contributed by atoms with Gasteiger partial charge in [-0.15, -0.1) is 0 Å². The van der Waals surface area contributed by atoms with E-state index in [1.54, 1.807) is 11.0 Å². The van der Waals surface area contributed by atoms with Crippen LogP contribution in [0.4, 0.5) is 0 Å². The van der Waals surface area contributed by atoms with Gasteiger partial charge in [0.15, 0.2) is 0 Å². The summed E-state index contributed by atoms with van der Waals surface area (Å²) in [5, 5.41) is 0. The van der Waals surface area contributed by atoms with Crippen LogP contribution in [0.15, 0.2) is 10.5 Å². The maximum Gasteiger partial charge on any atom is 0.257 e. The molecule has 1 aromatic heterocycles. The zero-order valence-electron chi connectivity index (χ0n) is 10.0. The highest BCUT2D eigenvalue weighted by molar-refractivity contribution is 5.96. The monoisotopic (exact) mass is 222 g/mol. The molecule has 16 heavy (non-hydrogen) atoms. The van der Waals surface area contributed by atoms with Crippen LogP contribution in [0.25, 0.3) is 0 Å².